The molecule has 0 atom stereocenters. The molecule has 0 unspecified atom stereocenters. The summed E-state index contributed by atoms with van der Waals surface area (Å²) in [6.07, 6.45) is 3.20. The Morgan fingerprint density at radius 3 is 2.65 bits per heavy atom. The van der Waals surface area contributed by atoms with Gasteiger partial charge in [-0.05, 0) is 37.6 Å². The number of furan rings is 1. The number of nitrogens with one attached hydrogen (secondary N) is 1. The minimum Gasteiger partial charge on any atom is -0.467 e. The monoisotopic (exact) mass is 350 g/mol. The molecule has 0 spiro atoms. The first-order valence-electron chi connectivity index (χ1n) is 8.57. The van der Waals surface area contributed by atoms with E-state index in [4.69, 9.17) is 4.42 Å². The van der Waals surface area contributed by atoms with E-state index in [1.165, 1.54) is 0 Å². The fourth-order valence-electron chi connectivity index (χ4n) is 2.56. The molecule has 6 heteroatoms. The van der Waals surface area contributed by atoms with Crippen molar-refractivity contribution >= 4 is 11.9 Å². The van der Waals surface area contributed by atoms with E-state index < -0.39 is 0 Å². The van der Waals surface area contributed by atoms with Crippen molar-refractivity contribution in [2.75, 3.05) is 5.32 Å². The van der Waals surface area contributed by atoms with Crippen molar-refractivity contribution in [1.29, 1.82) is 0 Å². The van der Waals surface area contributed by atoms with Crippen LogP contribution < -0.4 is 5.32 Å². The maximum absolute atomic E-state index is 13.0. The largest absolute Gasteiger partial charge is 0.467 e. The molecule has 0 aliphatic heterocycles. The van der Waals surface area contributed by atoms with Gasteiger partial charge in [-0.2, -0.15) is 0 Å². The van der Waals surface area contributed by atoms with Crippen LogP contribution in [0.1, 0.15) is 35.7 Å². The summed E-state index contributed by atoms with van der Waals surface area (Å²) in [7, 11) is 0. The lowest BCUT2D eigenvalue weighted by atomic mass is 10.1. The molecule has 0 radical (unpaired) electrons. The van der Waals surface area contributed by atoms with E-state index in [-0.39, 0.29) is 11.9 Å². The molecule has 1 amide bonds. The van der Waals surface area contributed by atoms with E-state index in [0.29, 0.717) is 24.7 Å². The highest BCUT2D eigenvalue weighted by Gasteiger charge is 2.20. The second-order valence-corrected chi connectivity index (χ2v) is 6.21. The number of amides is 1. The summed E-state index contributed by atoms with van der Waals surface area (Å²) >= 11 is 0. The van der Waals surface area contributed by atoms with Gasteiger partial charge in [-0.1, -0.05) is 30.3 Å². The summed E-state index contributed by atoms with van der Waals surface area (Å²) in [4.78, 5) is 23.3. The Hall–Kier alpha value is -3.15. The van der Waals surface area contributed by atoms with Crippen LogP contribution in [0.3, 0.4) is 0 Å². The van der Waals surface area contributed by atoms with Crippen LogP contribution in [0.4, 0.5) is 5.95 Å². The molecular formula is C20H22N4O2. The SMILES string of the molecule is CC(C)N(Cc1ccccc1)C(=O)c1ccnc(NCc2ccco2)n1. The fraction of sp³-hybridized carbons (Fsp3) is 0.250. The van der Waals surface area contributed by atoms with Crippen molar-refractivity contribution in [2.45, 2.75) is 33.0 Å². The molecule has 2 heterocycles. The number of carbonyl (C=O) groups is 1. The third kappa shape index (κ3) is 4.47. The fourth-order valence-corrected chi connectivity index (χ4v) is 2.56. The van der Waals surface area contributed by atoms with Gasteiger partial charge in [0.1, 0.15) is 11.5 Å². The first-order valence-corrected chi connectivity index (χ1v) is 8.57. The Labute approximate surface area is 152 Å². The van der Waals surface area contributed by atoms with Crippen LogP contribution in [0, 0.1) is 0 Å². The maximum Gasteiger partial charge on any atom is 0.273 e. The Kier molecular flexibility index (Phi) is 5.63. The quantitative estimate of drug-likeness (QED) is 0.703. The number of anilines is 1. The van der Waals surface area contributed by atoms with E-state index in [0.717, 1.165) is 11.3 Å². The second kappa shape index (κ2) is 8.29. The number of carbonyl (C=O) groups excluding carboxylic acids is 1. The van der Waals surface area contributed by atoms with Gasteiger partial charge in [0, 0.05) is 18.8 Å². The van der Waals surface area contributed by atoms with Crippen molar-refractivity contribution in [3.8, 4) is 0 Å². The Morgan fingerprint density at radius 1 is 1.15 bits per heavy atom. The molecule has 3 rings (SSSR count). The van der Waals surface area contributed by atoms with Gasteiger partial charge < -0.3 is 14.6 Å². The Morgan fingerprint density at radius 2 is 1.96 bits per heavy atom. The van der Waals surface area contributed by atoms with E-state index in [1.54, 1.807) is 23.4 Å². The molecular weight excluding hydrogens is 328 g/mol. The molecule has 3 aromatic rings. The predicted octanol–water partition coefficient (Wildman–Crippen LogP) is 3.73. The topological polar surface area (TPSA) is 71.3 Å². The highest BCUT2D eigenvalue weighted by molar-refractivity contribution is 5.92. The van der Waals surface area contributed by atoms with Crippen LogP contribution in [0.25, 0.3) is 0 Å². The van der Waals surface area contributed by atoms with Gasteiger partial charge >= 0.3 is 0 Å². The molecule has 0 aliphatic rings. The summed E-state index contributed by atoms with van der Waals surface area (Å²) in [5.41, 5.74) is 1.45. The highest BCUT2D eigenvalue weighted by atomic mass is 16.3. The third-order valence-electron chi connectivity index (χ3n) is 3.96. The number of rotatable bonds is 7. The Balaban J connectivity index is 1.73. The molecule has 6 nitrogen and oxygen atoms in total. The lowest BCUT2D eigenvalue weighted by Crippen LogP contribution is -2.37. The Bertz CT molecular complexity index is 832. The van der Waals surface area contributed by atoms with Crippen LogP contribution >= 0.6 is 0 Å². The minimum absolute atomic E-state index is 0.0530. The van der Waals surface area contributed by atoms with Crippen LogP contribution in [-0.4, -0.2) is 26.8 Å². The minimum atomic E-state index is -0.118. The van der Waals surface area contributed by atoms with E-state index in [1.807, 2.05) is 56.3 Å². The van der Waals surface area contributed by atoms with Crippen LogP contribution in [0.2, 0.25) is 0 Å². The van der Waals surface area contributed by atoms with E-state index in [2.05, 4.69) is 15.3 Å². The summed E-state index contributed by atoms with van der Waals surface area (Å²) in [6, 6.07) is 15.3. The smallest absolute Gasteiger partial charge is 0.273 e. The van der Waals surface area contributed by atoms with Crippen molar-refractivity contribution < 1.29 is 9.21 Å². The average molecular weight is 350 g/mol. The molecule has 0 fully saturated rings. The van der Waals surface area contributed by atoms with E-state index in [9.17, 15) is 4.79 Å². The number of hydrogen-bond donors (Lipinski definition) is 1. The molecule has 0 bridgehead atoms. The second-order valence-electron chi connectivity index (χ2n) is 6.21. The molecule has 134 valence electrons. The van der Waals surface area contributed by atoms with Gasteiger partial charge in [-0.25, -0.2) is 9.97 Å². The maximum atomic E-state index is 13.0. The average Bonchev–Trinajstić information content (AvgIpc) is 3.18. The molecule has 1 aromatic carbocycles. The number of nitrogens with zero attached hydrogens (tertiary/aromatic N) is 3. The van der Waals surface area contributed by atoms with Gasteiger partial charge in [0.05, 0.1) is 12.8 Å². The van der Waals surface area contributed by atoms with E-state index >= 15 is 0 Å². The van der Waals surface area contributed by atoms with Gasteiger partial charge in [0.15, 0.2) is 0 Å². The summed E-state index contributed by atoms with van der Waals surface area (Å²) in [5, 5.41) is 3.07. The summed E-state index contributed by atoms with van der Waals surface area (Å²) in [6.45, 7) is 5.00. The van der Waals surface area contributed by atoms with Crippen molar-refractivity contribution in [1.82, 2.24) is 14.9 Å². The molecule has 26 heavy (non-hydrogen) atoms. The molecule has 1 N–H and O–H groups in total. The first-order chi connectivity index (χ1) is 12.6. The van der Waals surface area contributed by atoms with Gasteiger partial charge in [0.2, 0.25) is 5.95 Å². The van der Waals surface area contributed by atoms with Crippen molar-refractivity contribution in [3.05, 3.63) is 78.0 Å². The first kappa shape index (κ1) is 17.7. The molecule has 0 saturated heterocycles. The van der Waals surface area contributed by atoms with Crippen molar-refractivity contribution in [3.63, 3.8) is 0 Å². The zero-order valence-electron chi connectivity index (χ0n) is 14.9. The molecule has 2 aromatic heterocycles. The van der Waals surface area contributed by atoms with Crippen LogP contribution in [0.15, 0.2) is 65.4 Å². The summed E-state index contributed by atoms with van der Waals surface area (Å²) in [5.74, 6) is 1.06. The van der Waals surface area contributed by atoms with Gasteiger partial charge in [-0.15, -0.1) is 0 Å². The zero-order chi connectivity index (χ0) is 18.4. The normalized spacial score (nSPS) is 10.7. The van der Waals surface area contributed by atoms with Gasteiger partial charge in [0.25, 0.3) is 5.91 Å². The van der Waals surface area contributed by atoms with Crippen molar-refractivity contribution in [2.24, 2.45) is 0 Å². The molecule has 0 saturated carbocycles. The number of aromatic nitrogens is 2. The number of hydrogen-bond acceptors (Lipinski definition) is 5. The van der Waals surface area contributed by atoms with Crippen LogP contribution in [-0.2, 0) is 13.1 Å². The standard InChI is InChI=1S/C20H22N4O2/c1-15(2)24(14-16-7-4-3-5-8-16)19(25)18-10-11-21-20(23-18)22-13-17-9-6-12-26-17/h3-12,15H,13-14H2,1-2H3,(H,21,22,23). The predicted molar refractivity (Wildman–Crippen MR) is 99.5 cm³/mol. The van der Waals surface area contributed by atoms with Crippen LogP contribution in [0.5, 0.6) is 0 Å². The summed E-state index contributed by atoms with van der Waals surface area (Å²) < 4.78 is 5.28. The lowest BCUT2D eigenvalue weighted by Gasteiger charge is -2.26. The highest BCUT2D eigenvalue weighted by Crippen LogP contribution is 2.13. The lowest BCUT2D eigenvalue weighted by molar-refractivity contribution is 0.0684. The molecule has 0 aliphatic carbocycles. The number of benzene rings is 1. The zero-order valence-corrected chi connectivity index (χ0v) is 14.9. The third-order valence-corrected chi connectivity index (χ3v) is 3.96. The van der Waals surface area contributed by atoms with Gasteiger partial charge in [-0.3, -0.25) is 4.79 Å².